The summed E-state index contributed by atoms with van der Waals surface area (Å²) in [5.74, 6) is -1.40. The molecule has 0 bridgehead atoms. The van der Waals surface area contributed by atoms with Gasteiger partial charge in [0.05, 0.1) is 18.0 Å². The third-order valence-corrected chi connectivity index (χ3v) is 8.13. The summed E-state index contributed by atoms with van der Waals surface area (Å²) in [6, 6.07) is 20.8. The van der Waals surface area contributed by atoms with Gasteiger partial charge in [-0.3, -0.25) is 9.10 Å². The van der Waals surface area contributed by atoms with E-state index in [0.717, 1.165) is 16.7 Å². The number of esters is 1. The van der Waals surface area contributed by atoms with Crippen LogP contribution in [0, 0.1) is 13.8 Å². The Morgan fingerprint density at radius 1 is 1.00 bits per heavy atom. The highest BCUT2D eigenvalue weighted by atomic mass is 35.5. The molecule has 176 valence electrons. The molecule has 0 aliphatic carbocycles. The summed E-state index contributed by atoms with van der Waals surface area (Å²) in [5.41, 5.74) is 3.78. The predicted molar refractivity (Wildman–Crippen MR) is 133 cm³/mol. The third kappa shape index (κ3) is 4.61. The highest BCUT2D eigenvalue weighted by molar-refractivity contribution is 7.89. The summed E-state index contributed by atoms with van der Waals surface area (Å²) in [7, 11) is -2.68. The summed E-state index contributed by atoms with van der Waals surface area (Å²) in [6.07, 6.45) is 2.25. The Labute approximate surface area is 205 Å². The van der Waals surface area contributed by atoms with Crippen molar-refractivity contribution < 1.29 is 17.9 Å². The minimum absolute atomic E-state index is 0.165. The van der Waals surface area contributed by atoms with E-state index in [1.807, 2.05) is 56.3 Å². The van der Waals surface area contributed by atoms with E-state index < -0.39 is 28.0 Å². The summed E-state index contributed by atoms with van der Waals surface area (Å²) in [6.45, 7) is 3.83. The monoisotopic (exact) mass is 495 g/mol. The van der Waals surface area contributed by atoms with Gasteiger partial charge in [-0.05, 0) is 55.7 Å². The van der Waals surface area contributed by atoms with E-state index in [0.29, 0.717) is 22.7 Å². The fraction of sp³-hybridized carbons (Fsp3) is 0.222. The van der Waals surface area contributed by atoms with Crippen LogP contribution in [-0.2, 0) is 19.6 Å². The van der Waals surface area contributed by atoms with E-state index in [2.05, 4.69) is 0 Å². The van der Waals surface area contributed by atoms with Crippen molar-refractivity contribution in [2.24, 2.45) is 0 Å². The van der Waals surface area contributed by atoms with E-state index in [9.17, 15) is 13.2 Å². The predicted octanol–water partition coefficient (Wildman–Crippen LogP) is 5.93. The van der Waals surface area contributed by atoms with E-state index in [1.165, 1.54) is 11.4 Å². The first-order valence-electron chi connectivity index (χ1n) is 10.9. The number of hydrogen-bond donors (Lipinski definition) is 0. The molecular weight excluding hydrogens is 470 g/mol. The maximum absolute atomic E-state index is 14.0. The molecule has 1 aliphatic heterocycles. The van der Waals surface area contributed by atoms with Crippen LogP contribution in [0.3, 0.4) is 0 Å². The molecule has 7 heteroatoms. The Kier molecular flexibility index (Phi) is 6.82. The van der Waals surface area contributed by atoms with Gasteiger partial charge in [-0.15, -0.1) is 0 Å². The largest absolute Gasteiger partial charge is 0.468 e. The van der Waals surface area contributed by atoms with Crippen LogP contribution in [0.4, 0.5) is 0 Å². The lowest BCUT2D eigenvalue weighted by molar-refractivity contribution is -0.141. The number of aryl methyl sites for hydroxylation is 2. The van der Waals surface area contributed by atoms with Crippen molar-refractivity contribution >= 4 is 27.6 Å². The highest BCUT2D eigenvalue weighted by Crippen LogP contribution is 2.45. The summed E-state index contributed by atoms with van der Waals surface area (Å²) < 4.78 is 34.6. The van der Waals surface area contributed by atoms with Crippen molar-refractivity contribution in [1.82, 2.24) is 4.31 Å². The van der Waals surface area contributed by atoms with Gasteiger partial charge in [0.25, 0.3) is 10.0 Å². The first-order chi connectivity index (χ1) is 16.2. The molecule has 1 heterocycles. The van der Waals surface area contributed by atoms with Gasteiger partial charge in [-0.2, -0.15) is 0 Å². The number of hydrogen-bond acceptors (Lipinski definition) is 4. The topological polar surface area (TPSA) is 63.7 Å². The van der Waals surface area contributed by atoms with Crippen molar-refractivity contribution in [3.63, 3.8) is 0 Å². The molecule has 0 saturated carbocycles. The smallest absolute Gasteiger partial charge is 0.319 e. The van der Waals surface area contributed by atoms with Gasteiger partial charge in [0.2, 0.25) is 0 Å². The van der Waals surface area contributed by atoms with Crippen molar-refractivity contribution in [1.29, 1.82) is 0 Å². The molecule has 0 unspecified atom stereocenters. The van der Waals surface area contributed by atoms with E-state index >= 15 is 0 Å². The van der Waals surface area contributed by atoms with Gasteiger partial charge in [0, 0.05) is 10.7 Å². The molecule has 0 spiro atoms. The van der Waals surface area contributed by atoms with Crippen molar-refractivity contribution in [2.45, 2.75) is 37.1 Å². The van der Waals surface area contributed by atoms with Crippen LogP contribution in [0.1, 0.15) is 40.6 Å². The Hall–Kier alpha value is -3.09. The number of benzene rings is 3. The Bertz CT molecular complexity index is 1330. The molecule has 2 atom stereocenters. The fourth-order valence-corrected chi connectivity index (χ4v) is 6.16. The van der Waals surface area contributed by atoms with Gasteiger partial charge in [-0.25, -0.2) is 8.42 Å². The minimum atomic E-state index is -3.99. The lowest BCUT2D eigenvalue weighted by Crippen LogP contribution is -2.35. The molecule has 0 saturated heterocycles. The normalized spacial score (nSPS) is 16.8. The fourth-order valence-electron chi connectivity index (χ4n) is 4.32. The van der Waals surface area contributed by atoms with Crippen LogP contribution in [0.5, 0.6) is 0 Å². The maximum atomic E-state index is 14.0. The second kappa shape index (κ2) is 9.65. The molecule has 4 rings (SSSR count). The van der Waals surface area contributed by atoms with Crippen LogP contribution in [-0.4, -0.2) is 25.8 Å². The van der Waals surface area contributed by atoms with Gasteiger partial charge >= 0.3 is 5.97 Å². The van der Waals surface area contributed by atoms with E-state index in [1.54, 1.807) is 36.4 Å². The Morgan fingerprint density at radius 2 is 1.68 bits per heavy atom. The number of halogens is 1. The SMILES string of the molecule is COC(=O)[C@H](C1=CC[C@@H](c2ccc(Cl)cc2)N1S(=O)(=O)c1ccc(C)cc1)c1cccc(C)c1. The number of ether oxygens (including phenoxy) is 1. The molecule has 0 fully saturated rings. The van der Waals surface area contributed by atoms with Gasteiger partial charge in [-0.1, -0.05) is 77.3 Å². The van der Waals surface area contributed by atoms with Crippen LogP contribution in [0.2, 0.25) is 5.02 Å². The summed E-state index contributed by atoms with van der Waals surface area (Å²) in [5, 5.41) is 0.565. The second-order valence-corrected chi connectivity index (χ2v) is 10.7. The lowest BCUT2D eigenvalue weighted by Gasteiger charge is -2.32. The average molecular weight is 496 g/mol. The standard InChI is InChI=1S/C27H26ClNO4S/c1-18-7-13-23(14-8-18)34(31,32)29-24(20-9-11-22(28)12-10-20)15-16-25(29)26(27(30)33-3)21-6-4-5-19(2)17-21/h4-14,16-17,24,26H,15H2,1-3H3/t24-,26-/m0/s1. The zero-order valence-corrected chi connectivity index (χ0v) is 20.8. The number of nitrogens with zero attached hydrogens (tertiary/aromatic N) is 1. The van der Waals surface area contributed by atoms with Gasteiger partial charge < -0.3 is 4.74 Å². The third-order valence-electron chi connectivity index (χ3n) is 6.03. The number of carbonyl (C=O) groups is 1. The molecular formula is C27H26ClNO4S. The second-order valence-electron chi connectivity index (χ2n) is 8.42. The van der Waals surface area contributed by atoms with Crippen LogP contribution in [0.25, 0.3) is 0 Å². The highest BCUT2D eigenvalue weighted by Gasteiger charge is 2.43. The molecule has 3 aromatic rings. The first-order valence-corrected chi connectivity index (χ1v) is 12.7. The van der Waals surface area contributed by atoms with E-state index in [4.69, 9.17) is 16.3 Å². The molecule has 1 aliphatic rings. The quantitative estimate of drug-likeness (QED) is 0.397. The van der Waals surface area contributed by atoms with Crippen molar-refractivity contribution in [2.75, 3.05) is 7.11 Å². The zero-order valence-electron chi connectivity index (χ0n) is 19.2. The summed E-state index contributed by atoms with van der Waals surface area (Å²) in [4.78, 5) is 13.2. The number of rotatable bonds is 6. The molecule has 3 aromatic carbocycles. The van der Waals surface area contributed by atoms with Crippen molar-refractivity contribution in [3.8, 4) is 0 Å². The first kappa shape index (κ1) is 24.0. The molecule has 0 N–H and O–H groups in total. The van der Waals surface area contributed by atoms with Gasteiger partial charge in [0.1, 0.15) is 5.92 Å². The lowest BCUT2D eigenvalue weighted by atomic mass is 9.94. The molecule has 0 radical (unpaired) electrons. The Balaban J connectivity index is 1.88. The average Bonchev–Trinajstić information content (AvgIpc) is 3.25. The number of carbonyl (C=O) groups excluding carboxylic acids is 1. The zero-order chi connectivity index (χ0) is 24.5. The molecule has 0 aromatic heterocycles. The molecule has 0 amide bonds. The molecule has 34 heavy (non-hydrogen) atoms. The maximum Gasteiger partial charge on any atom is 0.319 e. The van der Waals surface area contributed by atoms with Crippen molar-refractivity contribution in [3.05, 3.63) is 112 Å². The minimum Gasteiger partial charge on any atom is -0.468 e. The number of methoxy groups -OCH3 is 1. The number of sulfonamides is 1. The van der Waals surface area contributed by atoms with E-state index in [-0.39, 0.29) is 4.90 Å². The van der Waals surface area contributed by atoms with Crippen LogP contribution < -0.4 is 0 Å². The molecule has 5 nitrogen and oxygen atoms in total. The Morgan fingerprint density at radius 3 is 2.29 bits per heavy atom. The van der Waals surface area contributed by atoms with Gasteiger partial charge in [0.15, 0.2) is 0 Å². The summed E-state index contributed by atoms with van der Waals surface area (Å²) >= 11 is 6.08. The van der Waals surface area contributed by atoms with Crippen LogP contribution in [0.15, 0.2) is 89.5 Å². The van der Waals surface area contributed by atoms with Crippen LogP contribution >= 0.6 is 11.6 Å².